The van der Waals surface area contributed by atoms with E-state index in [9.17, 15) is 4.79 Å². The molecule has 0 amide bonds. The van der Waals surface area contributed by atoms with E-state index in [0.717, 1.165) is 17.9 Å². The summed E-state index contributed by atoms with van der Waals surface area (Å²) in [7, 11) is 0. The van der Waals surface area contributed by atoms with E-state index < -0.39 is 0 Å². The summed E-state index contributed by atoms with van der Waals surface area (Å²) in [5.41, 5.74) is 0. The molecule has 0 bridgehead atoms. The Bertz CT molecular complexity index is 161. The van der Waals surface area contributed by atoms with Crippen molar-refractivity contribution < 1.29 is 9.53 Å². The topological polar surface area (TPSA) is 26.3 Å². The number of carbonyl (C=O) groups is 1. The Morgan fingerprint density at radius 2 is 2.42 bits per heavy atom. The van der Waals surface area contributed by atoms with Crippen LogP contribution < -0.4 is 0 Å². The van der Waals surface area contributed by atoms with Crippen LogP contribution >= 0.6 is 24.4 Å². The molecule has 1 fully saturated rings. The lowest BCUT2D eigenvalue weighted by atomic mass is 10.1. The van der Waals surface area contributed by atoms with E-state index >= 15 is 0 Å². The highest BCUT2D eigenvalue weighted by Gasteiger charge is 2.26. The van der Waals surface area contributed by atoms with Crippen molar-refractivity contribution >= 4 is 30.4 Å². The molecule has 0 radical (unpaired) electrons. The summed E-state index contributed by atoms with van der Waals surface area (Å²) < 4.78 is 4.94. The van der Waals surface area contributed by atoms with Gasteiger partial charge in [-0.1, -0.05) is 0 Å². The van der Waals surface area contributed by atoms with Crippen LogP contribution in [0.2, 0.25) is 0 Å². The summed E-state index contributed by atoms with van der Waals surface area (Å²) in [4.78, 5) is 11.3. The van der Waals surface area contributed by atoms with Gasteiger partial charge in [0.2, 0.25) is 0 Å². The molecule has 1 heterocycles. The fourth-order valence-electron chi connectivity index (χ4n) is 1.24. The van der Waals surface area contributed by atoms with Gasteiger partial charge in [-0.15, -0.1) is 0 Å². The van der Waals surface area contributed by atoms with E-state index in [1.807, 2.05) is 6.92 Å². The van der Waals surface area contributed by atoms with Crippen LogP contribution in [0.4, 0.5) is 0 Å². The Morgan fingerprint density at radius 3 is 3.00 bits per heavy atom. The van der Waals surface area contributed by atoms with Gasteiger partial charge >= 0.3 is 5.97 Å². The monoisotopic (exact) mass is 206 g/mol. The molecule has 0 unspecified atom stereocenters. The predicted molar refractivity (Wildman–Crippen MR) is 54.8 cm³/mol. The fourth-order valence-corrected chi connectivity index (χ4v) is 2.91. The second kappa shape index (κ2) is 5.02. The first-order chi connectivity index (χ1) is 5.74. The highest BCUT2D eigenvalue weighted by atomic mass is 32.2. The van der Waals surface area contributed by atoms with Crippen LogP contribution in [0, 0.1) is 5.92 Å². The van der Waals surface area contributed by atoms with Crippen LogP contribution in [0.3, 0.4) is 0 Å². The summed E-state index contributed by atoms with van der Waals surface area (Å²) in [6, 6.07) is 0. The van der Waals surface area contributed by atoms with Crippen LogP contribution in [0.1, 0.15) is 13.3 Å². The lowest BCUT2D eigenvalue weighted by Crippen LogP contribution is -2.28. The molecular weight excluding hydrogens is 192 g/mol. The van der Waals surface area contributed by atoms with Crippen molar-refractivity contribution in [3.05, 3.63) is 0 Å². The van der Waals surface area contributed by atoms with Crippen LogP contribution in [-0.2, 0) is 9.53 Å². The second-order valence-corrected chi connectivity index (χ2v) is 4.68. The molecule has 1 aliphatic heterocycles. The van der Waals surface area contributed by atoms with Crippen molar-refractivity contribution in [2.24, 2.45) is 5.92 Å². The first-order valence-corrected chi connectivity index (χ1v) is 5.83. The summed E-state index contributed by atoms with van der Waals surface area (Å²) in [6.07, 6.45) is 0.870. The van der Waals surface area contributed by atoms with Crippen molar-refractivity contribution in [2.45, 2.75) is 18.6 Å². The predicted octanol–water partition coefficient (Wildman–Crippen LogP) is 1.60. The fraction of sp³-hybridized carbons (Fsp3) is 0.875. The Labute approximate surface area is 82.8 Å². The summed E-state index contributed by atoms with van der Waals surface area (Å²) in [5.74, 6) is 1.98. The molecular formula is C8H14O2S2. The number of ether oxygens (including phenoxy) is 1. The van der Waals surface area contributed by atoms with Crippen LogP contribution in [0.5, 0.6) is 0 Å². The summed E-state index contributed by atoms with van der Waals surface area (Å²) in [6.45, 7) is 2.32. The molecule has 12 heavy (non-hydrogen) atoms. The average molecular weight is 206 g/mol. The smallest absolute Gasteiger partial charge is 0.309 e. The van der Waals surface area contributed by atoms with E-state index in [1.54, 1.807) is 11.8 Å². The van der Waals surface area contributed by atoms with Crippen molar-refractivity contribution in [3.8, 4) is 0 Å². The minimum Gasteiger partial charge on any atom is -0.466 e. The molecule has 0 aromatic rings. The van der Waals surface area contributed by atoms with Gasteiger partial charge in [0.1, 0.15) is 0 Å². The highest BCUT2D eigenvalue weighted by Crippen LogP contribution is 2.26. The SMILES string of the molecule is CCOC(=O)[C@@H]1CSC[C@H](S)C1. The minimum absolute atomic E-state index is 0.0521. The molecule has 1 rings (SSSR count). The van der Waals surface area contributed by atoms with Crippen LogP contribution in [-0.4, -0.2) is 29.3 Å². The number of hydrogen-bond donors (Lipinski definition) is 1. The third-order valence-corrected chi connectivity index (χ3v) is 3.72. The van der Waals surface area contributed by atoms with Gasteiger partial charge in [-0.2, -0.15) is 24.4 Å². The largest absolute Gasteiger partial charge is 0.466 e. The Kier molecular flexibility index (Phi) is 4.29. The molecule has 0 aromatic heterocycles. The summed E-state index contributed by atoms with van der Waals surface area (Å²) in [5, 5.41) is 0.359. The molecule has 70 valence electrons. The number of hydrogen-bond acceptors (Lipinski definition) is 4. The maximum Gasteiger partial charge on any atom is 0.309 e. The zero-order valence-electron chi connectivity index (χ0n) is 7.16. The molecule has 2 nitrogen and oxygen atoms in total. The van der Waals surface area contributed by atoms with E-state index in [0.29, 0.717) is 11.9 Å². The number of esters is 1. The number of carbonyl (C=O) groups excluding carboxylic acids is 1. The number of rotatable bonds is 2. The standard InChI is InChI=1S/C8H14O2S2/c1-2-10-8(9)6-3-7(11)5-12-4-6/h6-7,11H,2-5H2,1H3/t6-,7+/m0/s1. The zero-order chi connectivity index (χ0) is 8.97. The molecule has 0 saturated carbocycles. The molecule has 0 aliphatic carbocycles. The summed E-state index contributed by atoms with van der Waals surface area (Å²) >= 11 is 6.14. The number of thioether (sulfide) groups is 1. The maximum absolute atomic E-state index is 11.3. The van der Waals surface area contributed by atoms with Crippen molar-refractivity contribution in [1.82, 2.24) is 0 Å². The maximum atomic E-state index is 11.3. The Balaban J connectivity index is 2.35. The van der Waals surface area contributed by atoms with Gasteiger partial charge in [0.15, 0.2) is 0 Å². The third kappa shape index (κ3) is 2.90. The van der Waals surface area contributed by atoms with Crippen molar-refractivity contribution in [2.75, 3.05) is 18.1 Å². The molecule has 0 aromatic carbocycles. The van der Waals surface area contributed by atoms with E-state index in [-0.39, 0.29) is 11.9 Å². The lowest BCUT2D eigenvalue weighted by Gasteiger charge is -2.23. The molecule has 1 aliphatic rings. The quantitative estimate of drug-likeness (QED) is 0.549. The van der Waals surface area contributed by atoms with Gasteiger partial charge in [0.25, 0.3) is 0 Å². The van der Waals surface area contributed by atoms with E-state index in [4.69, 9.17) is 4.74 Å². The number of thiol groups is 1. The van der Waals surface area contributed by atoms with Crippen molar-refractivity contribution in [3.63, 3.8) is 0 Å². The molecule has 0 N–H and O–H groups in total. The second-order valence-electron chi connectivity index (χ2n) is 2.88. The van der Waals surface area contributed by atoms with Crippen LogP contribution in [0.25, 0.3) is 0 Å². The average Bonchev–Trinajstić information content (AvgIpc) is 2.05. The normalized spacial score (nSPS) is 29.8. The third-order valence-electron chi connectivity index (χ3n) is 1.81. The molecule has 2 atom stereocenters. The van der Waals surface area contributed by atoms with Gasteiger partial charge < -0.3 is 4.74 Å². The van der Waals surface area contributed by atoms with Gasteiger partial charge in [-0.3, -0.25) is 4.79 Å². The Morgan fingerprint density at radius 1 is 1.67 bits per heavy atom. The van der Waals surface area contributed by atoms with Gasteiger partial charge in [0, 0.05) is 16.8 Å². The molecule has 4 heteroatoms. The first-order valence-electron chi connectivity index (χ1n) is 4.16. The highest BCUT2D eigenvalue weighted by molar-refractivity contribution is 8.00. The van der Waals surface area contributed by atoms with Gasteiger partial charge in [0.05, 0.1) is 12.5 Å². The zero-order valence-corrected chi connectivity index (χ0v) is 8.87. The first kappa shape index (κ1) is 10.3. The minimum atomic E-state index is -0.0521. The van der Waals surface area contributed by atoms with Gasteiger partial charge in [-0.25, -0.2) is 0 Å². The Hall–Kier alpha value is 0.170. The lowest BCUT2D eigenvalue weighted by molar-refractivity contribution is -0.147. The van der Waals surface area contributed by atoms with E-state index in [2.05, 4.69) is 12.6 Å². The van der Waals surface area contributed by atoms with Crippen LogP contribution in [0.15, 0.2) is 0 Å². The molecule has 1 saturated heterocycles. The van der Waals surface area contributed by atoms with Crippen molar-refractivity contribution in [1.29, 1.82) is 0 Å². The molecule has 0 spiro atoms. The van der Waals surface area contributed by atoms with E-state index in [1.165, 1.54) is 0 Å². The van der Waals surface area contributed by atoms with Gasteiger partial charge in [-0.05, 0) is 13.3 Å².